The Labute approximate surface area is 88.9 Å². The number of hydrogen-bond donors (Lipinski definition) is 1. The Bertz CT molecular complexity index is 336. The minimum Gasteiger partial charge on any atom is -0.367 e. The summed E-state index contributed by atoms with van der Waals surface area (Å²) < 4.78 is 0. The van der Waals surface area contributed by atoms with E-state index >= 15 is 0 Å². The minimum atomic E-state index is 0.307. The predicted molar refractivity (Wildman–Crippen MR) is 57.6 cm³/mol. The molecule has 3 nitrogen and oxygen atoms in total. The van der Waals surface area contributed by atoms with Crippen molar-refractivity contribution in [3.63, 3.8) is 0 Å². The van der Waals surface area contributed by atoms with Gasteiger partial charge in [-0.1, -0.05) is 0 Å². The van der Waals surface area contributed by atoms with Crippen LogP contribution < -0.4 is 5.32 Å². The van der Waals surface area contributed by atoms with Crippen molar-refractivity contribution in [2.24, 2.45) is 5.92 Å². The topological polar surface area (TPSA) is 37.8 Å². The number of aryl methyl sites for hydroxylation is 1. The largest absolute Gasteiger partial charge is 0.367 e. The molecule has 0 bridgehead atoms. The lowest BCUT2D eigenvalue weighted by atomic mass is 10.2. The average molecular weight is 212 g/mol. The first-order chi connectivity index (χ1) is 6.66. The zero-order valence-corrected chi connectivity index (χ0v) is 9.17. The van der Waals surface area contributed by atoms with E-state index in [2.05, 4.69) is 22.2 Å². The second-order valence-corrected chi connectivity index (χ2v) is 4.28. The molecule has 76 valence electrons. The maximum atomic E-state index is 5.73. The van der Waals surface area contributed by atoms with Crippen LogP contribution in [0.5, 0.6) is 0 Å². The summed E-state index contributed by atoms with van der Waals surface area (Å²) >= 11 is 5.73. The quantitative estimate of drug-likeness (QED) is 0.782. The van der Waals surface area contributed by atoms with E-state index in [9.17, 15) is 0 Å². The van der Waals surface area contributed by atoms with E-state index in [-0.39, 0.29) is 0 Å². The zero-order chi connectivity index (χ0) is 10.1. The predicted octanol–water partition coefficient (Wildman–Crippen LogP) is 2.65. The van der Waals surface area contributed by atoms with Crippen molar-refractivity contribution in [3.8, 4) is 0 Å². The van der Waals surface area contributed by atoms with E-state index < -0.39 is 0 Å². The van der Waals surface area contributed by atoms with Crippen LogP contribution in [-0.4, -0.2) is 16.0 Å². The Morgan fingerprint density at radius 2 is 2.29 bits per heavy atom. The monoisotopic (exact) mass is 211 g/mol. The Morgan fingerprint density at radius 1 is 1.57 bits per heavy atom. The van der Waals surface area contributed by atoms with Crippen LogP contribution in [0.1, 0.15) is 25.3 Å². The van der Waals surface area contributed by atoms with Gasteiger partial charge in [0.25, 0.3) is 0 Å². The van der Waals surface area contributed by atoms with Crippen molar-refractivity contribution in [3.05, 3.63) is 17.0 Å². The number of nitrogens with zero attached hydrogens (tertiary/aromatic N) is 2. The Morgan fingerprint density at radius 3 is 2.93 bits per heavy atom. The van der Waals surface area contributed by atoms with Crippen molar-refractivity contribution in [2.45, 2.75) is 32.7 Å². The van der Waals surface area contributed by atoms with Gasteiger partial charge in [-0.2, -0.15) is 0 Å². The summed E-state index contributed by atoms with van der Waals surface area (Å²) in [5.41, 5.74) is 1.04. The SMILES string of the molecule is Cc1cnc(Cl)nc1NC(C)C1CC1. The molecule has 0 amide bonds. The number of halogens is 1. The van der Waals surface area contributed by atoms with Crippen LogP contribution in [0.3, 0.4) is 0 Å². The third-order valence-corrected chi connectivity index (χ3v) is 2.82. The first-order valence-electron chi connectivity index (χ1n) is 4.92. The van der Waals surface area contributed by atoms with Crippen molar-refractivity contribution in [1.82, 2.24) is 9.97 Å². The summed E-state index contributed by atoms with van der Waals surface area (Å²) in [6.07, 6.45) is 4.40. The molecule has 1 fully saturated rings. The van der Waals surface area contributed by atoms with Gasteiger partial charge in [0.15, 0.2) is 0 Å². The fourth-order valence-electron chi connectivity index (χ4n) is 1.50. The molecular formula is C10H14ClN3. The van der Waals surface area contributed by atoms with E-state index in [4.69, 9.17) is 11.6 Å². The van der Waals surface area contributed by atoms with Crippen molar-refractivity contribution in [1.29, 1.82) is 0 Å². The fraction of sp³-hybridized carbons (Fsp3) is 0.600. The van der Waals surface area contributed by atoms with Gasteiger partial charge in [-0.05, 0) is 44.2 Å². The molecule has 1 N–H and O–H groups in total. The third-order valence-electron chi connectivity index (χ3n) is 2.64. The molecule has 1 aromatic heterocycles. The van der Waals surface area contributed by atoms with Gasteiger partial charge in [-0.25, -0.2) is 9.97 Å². The Balaban J connectivity index is 2.10. The minimum absolute atomic E-state index is 0.307. The van der Waals surface area contributed by atoms with Crippen LogP contribution in [0.2, 0.25) is 5.28 Å². The van der Waals surface area contributed by atoms with Crippen LogP contribution >= 0.6 is 11.6 Å². The van der Waals surface area contributed by atoms with E-state index in [1.807, 2.05) is 6.92 Å². The molecule has 0 aromatic carbocycles. The van der Waals surface area contributed by atoms with Crippen LogP contribution in [0.15, 0.2) is 6.20 Å². The Hall–Kier alpha value is -0.830. The molecule has 1 heterocycles. The molecule has 0 saturated heterocycles. The normalized spacial score (nSPS) is 17.9. The molecule has 0 spiro atoms. The molecule has 1 aliphatic rings. The highest BCUT2D eigenvalue weighted by atomic mass is 35.5. The fourth-order valence-corrected chi connectivity index (χ4v) is 1.63. The van der Waals surface area contributed by atoms with Crippen LogP contribution in [0, 0.1) is 12.8 Å². The molecule has 0 aliphatic heterocycles. The van der Waals surface area contributed by atoms with E-state index in [1.54, 1.807) is 6.20 Å². The van der Waals surface area contributed by atoms with Crippen LogP contribution in [0.4, 0.5) is 5.82 Å². The number of nitrogens with one attached hydrogen (secondary N) is 1. The molecule has 1 aliphatic carbocycles. The lowest BCUT2D eigenvalue weighted by molar-refractivity contribution is 0.689. The Kier molecular flexibility index (Phi) is 2.59. The van der Waals surface area contributed by atoms with Crippen LogP contribution in [0.25, 0.3) is 0 Å². The molecule has 1 atom stereocenters. The molecule has 1 unspecified atom stereocenters. The number of hydrogen-bond acceptors (Lipinski definition) is 3. The molecular weight excluding hydrogens is 198 g/mol. The number of rotatable bonds is 3. The van der Waals surface area contributed by atoms with Crippen molar-refractivity contribution < 1.29 is 0 Å². The number of anilines is 1. The lowest BCUT2D eigenvalue weighted by Crippen LogP contribution is -2.19. The van der Waals surface area contributed by atoms with E-state index in [0.717, 1.165) is 17.3 Å². The summed E-state index contributed by atoms with van der Waals surface area (Å²) in [5, 5.41) is 3.68. The van der Waals surface area contributed by atoms with Gasteiger partial charge < -0.3 is 5.32 Å². The maximum Gasteiger partial charge on any atom is 0.224 e. The molecule has 14 heavy (non-hydrogen) atoms. The van der Waals surface area contributed by atoms with Crippen molar-refractivity contribution >= 4 is 17.4 Å². The van der Waals surface area contributed by atoms with Gasteiger partial charge >= 0.3 is 0 Å². The molecule has 4 heteroatoms. The zero-order valence-electron chi connectivity index (χ0n) is 8.42. The molecule has 1 saturated carbocycles. The summed E-state index contributed by atoms with van der Waals surface area (Å²) in [6, 6.07) is 0.486. The van der Waals surface area contributed by atoms with E-state index in [1.165, 1.54) is 12.8 Å². The van der Waals surface area contributed by atoms with Gasteiger partial charge in [-0.15, -0.1) is 0 Å². The smallest absolute Gasteiger partial charge is 0.224 e. The first-order valence-corrected chi connectivity index (χ1v) is 5.30. The molecule has 0 radical (unpaired) electrons. The summed E-state index contributed by atoms with van der Waals surface area (Å²) in [5.74, 6) is 1.67. The average Bonchev–Trinajstić information content (AvgIpc) is 2.94. The molecule has 1 aromatic rings. The highest BCUT2D eigenvalue weighted by molar-refractivity contribution is 6.28. The van der Waals surface area contributed by atoms with Crippen LogP contribution in [-0.2, 0) is 0 Å². The highest BCUT2D eigenvalue weighted by Gasteiger charge is 2.28. The van der Waals surface area contributed by atoms with Crippen molar-refractivity contribution in [2.75, 3.05) is 5.32 Å². The highest BCUT2D eigenvalue weighted by Crippen LogP contribution is 2.34. The lowest BCUT2D eigenvalue weighted by Gasteiger charge is -2.14. The second kappa shape index (κ2) is 3.73. The van der Waals surface area contributed by atoms with Gasteiger partial charge in [0.1, 0.15) is 5.82 Å². The number of aromatic nitrogens is 2. The summed E-state index contributed by atoms with van der Waals surface area (Å²) in [7, 11) is 0. The van der Waals surface area contributed by atoms with Gasteiger partial charge in [0.05, 0.1) is 0 Å². The molecule has 2 rings (SSSR count). The summed E-state index contributed by atoms with van der Waals surface area (Å²) in [4.78, 5) is 8.09. The van der Waals surface area contributed by atoms with Gasteiger partial charge in [-0.3, -0.25) is 0 Å². The first kappa shape index (κ1) is 9.71. The second-order valence-electron chi connectivity index (χ2n) is 3.94. The van der Waals surface area contributed by atoms with Gasteiger partial charge in [0.2, 0.25) is 5.28 Å². The third kappa shape index (κ3) is 2.15. The standard InChI is InChI=1S/C10H14ClN3/c1-6-5-12-10(11)14-9(6)13-7(2)8-3-4-8/h5,7-8H,3-4H2,1-2H3,(H,12,13,14). The maximum absolute atomic E-state index is 5.73. The van der Waals surface area contributed by atoms with E-state index in [0.29, 0.717) is 11.3 Å². The van der Waals surface area contributed by atoms with Gasteiger partial charge in [0, 0.05) is 17.8 Å². The summed E-state index contributed by atoms with van der Waals surface area (Å²) in [6.45, 7) is 4.17.